The highest BCUT2D eigenvalue weighted by Crippen LogP contribution is 2.33. The number of hydrogen-bond acceptors (Lipinski definition) is 5. The molecule has 0 spiro atoms. The summed E-state index contributed by atoms with van der Waals surface area (Å²) in [4.78, 5) is 21.4. The lowest BCUT2D eigenvalue weighted by Gasteiger charge is -2.27. The predicted octanol–water partition coefficient (Wildman–Crippen LogP) is 6.20. The molecule has 32 heavy (non-hydrogen) atoms. The van der Waals surface area contributed by atoms with Crippen LogP contribution in [0.1, 0.15) is 32.6 Å². The van der Waals surface area contributed by atoms with Gasteiger partial charge in [-0.25, -0.2) is 4.98 Å². The highest BCUT2D eigenvalue weighted by atomic mass is 79.9. The van der Waals surface area contributed by atoms with Crippen LogP contribution >= 0.6 is 27.5 Å². The van der Waals surface area contributed by atoms with Gasteiger partial charge in [0.15, 0.2) is 5.65 Å². The Hall–Kier alpha value is -2.38. The largest absolute Gasteiger partial charge is 0.466 e. The molecule has 3 aromatic rings. The van der Waals surface area contributed by atoms with Gasteiger partial charge in [0.2, 0.25) is 0 Å². The van der Waals surface area contributed by atoms with Gasteiger partial charge in [0, 0.05) is 16.6 Å². The minimum absolute atomic E-state index is 0.0116. The Morgan fingerprint density at radius 1 is 1.25 bits per heavy atom. The number of halogens is 2. The van der Waals surface area contributed by atoms with Gasteiger partial charge in [0.1, 0.15) is 6.10 Å². The monoisotopic (exact) mass is 517 g/mol. The van der Waals surface area contributed by atoms with Gasteiger partial charge in [-0.1, -0.05) is 45.7 Å². The predicted molar refractivity (Wildman–Crippen MR) is 129 cm³/mol. The van der Waals surface area contributed by atoms with Crippen LogP contribution in [0.3, 0.4) is 0 Å². The van der Waals surface area contributed by atoms with Crippen molar-refractivity contribution in [1.29, 1.82) is 0 Å². The quantitative estimate of drug-likeness (QED) is 0.275. The highest BCUT2D eigenvalue weighted by molar-refractivity contribution is 9.10. The first kappa shape index (κ1) is 22.8. The molecule has 168 valence electrons. The molecule has 4 rings (SSSR count). The van der Waals surface area contributed by atoms with Gasteiger partial charge in [-0.05, 0) is 50.8 Å². The van der Waals surface area contributed by atoms with Gasteiger partial charge in [-0.3, -0.25) is 9.36 Å². The Morgan fingerprint density at radius 2 is 1.97 bits per heavy atom. The maximum absolute atomic E-state index is 12.0. The number of nitrogens with zero attached hydrogens (tertiary/aromatic N) is 3. The Labute approximate surface area is 200 Å². The lowest BCUT2D eigenvalue weighted by molar-refractivity contribution is -0.149. The van der Waals surface area contributed by atoms with Gasteiger partial charge in [0.25, 0.3) is 6.01 Å². The topological polar surface area (TPSA) is 66.2 Å². The van der Waals surface area contributed by atoms with Crippen molar-refractivity contribution in [1.82, 2.24) is 14.5 Å². The van der Waals surface area contributed by atoms with E-state index in [4.69, 9.17) is 26.1 Å². The molecule has 2 heterocycles. The number of ether oxygens (including phenoxy) is 2. The second kappa shape index (κ2) is 10.0. The molecule has 1 fully saturated rings. The van der Waals surface area contributed by atoms with Crippen molar-refractivity contribution in [2.24, 2.45) is 5.92 Å². The number of allylic oxidation sites excluding steroid dienone is 1. The Kier molecular flexibility index (Phi) is 7.16. The highest BCUT2D eigenvalue weighted by Gasteiger charge is 2.29. The third-order valence-electron chi connectivity index (χ3n) is 5.66. The standard InChI is InChI=1S/C24H25BrClN3O3/c1-3-13-29-20-14-19(26)21(15-5-9-17(25)10-6-15)27-22(20)28-24(29)32-18-11-7-16(8-12-18)23(30)31-4-2/h3,5-6,9-10,14,16,18H,1,4,7-8,11-13H2,2H3. The summed E-state index contributed by atoms with van der Waals surface area (Å²) < 4.78 is 14.4. The van der Waals surface area contributed by atoms with Crippen LogP contribution < -0.4 is 4.74 Å². The van der Waals surface area contributed by atoms with E-state index in [0.29, 0.717) is 35.5 Å². The molecule has 0 unspecified atom stereocenters. The van der Waals surface area contributed by atoms with Gasteiger partial charge in [-0.15, -0.1) is 6.58 Å². The van der Waals surface area contributed by atoms with Gasteiger partial charge in [0.05, 0.1) is 28.8 Å². The normalized spacial score (nSPS) is 18.5. The van der Waals surface area contributed by atoms with E-state index in [1.165, 1.54) is 0 Å². The van der Waals surface area contributed by atoms with Crippen molar-refractivity contribution in [3.8, 4) is 17.3 Å². The second-order valence-electron chi connectivity index (χ2n) is 7.81. The first-order chi connectivity index (χ1) is 15.5. The molecule has 0 radical (unpaired) electrons. The summed E-state index contributed by atoms with van der Waals surface area (Å²) in [5.41, 5.74) is 2.96. The fourth-order valence-corrected chi connectivity index (χ4v) is 4.55. The molecule has 0 saturated heterocycles. The molecule has 0 N–H and O–H groups in total. The van der Waals surface area contributed by atoms with Crippen molar-refractivity contribution >= 4 is 44.7 Å². The summed E-state index contributed by atoms with van der Waals surface area (Å²) in [7, 11) is 0. The van der Waals surface area contributed by atoms with Crippen molar-refractivity contribution in [2.75, 3.05) is 6.61 Å². The molecule has 8 heteroatoms. The van der Waals surface area contributed by atoms with E-state index in [0.717, 1.165) is 41.2 Å². The third-order valence-corrected chi connectivity index (χ3v) is 6.47. The summed E-state index contributed by atoms with van der Waals surface area (Å²) in [5, 5.41) is 0.548. The zero-order valence-electron chi connectivity index (χ0n) is 17.9. The minimum atomic E-state index is -0.107. The number of aromatic nitrogens is 3. The van der Waals surface area contributed by atoms with Gasteiger partial charge >= 0.3 is 5.97 Å². The molecule has 2 aromatic heterocycles. The Balaban J connectivity index is 1.59. The molecule has 1 aliphatic carbocycles. The van der Waals surface area contributed by atoms with Gasteiger partial charge in [-0.2, -0.15) is 4.98 Å². The molecule has 1 saturated carbocycles. The van der Waals surface area contributed by atoms with E-state index in [2.05, 4.69) is 27.5 Å². The molecule has 6 nitrogen and oxygen atoms in total. The maximum atomic E-state index is 12.0. The Morgan fingerprint density at radius 3 is 2.62 bits per heavy atom. The number of imidazole rings is 1. The number of pyridine rings is 1. The van der Waals surface area contributed by atoms with Crippen LogP contribution in [0.15, 0.2) is 47.5 Å². The number of hydrogen-bond donors (Lipinski definition) is 0. The average Bonchev–Trinajstić information content (AvgIpc) is 3.11. The van der Waals surface area contributed by atoms with E-state index in [1.807, 2.05) is 41.8 Å². The zero-order chi connectivity index (χ0) is 22.7. The van der Waals surface area contributed by atoms with Crippen molar-refractivity contribution < 1.29 is 14.3 Å². The number of benzene rings is 1. The fourth-order valence-electron chi connectivity index (χ4n) is 4.04. The molecular weight excluding hydrogens is 494 g/mol. The molecule has 0 amide bonds. The van der Waals surface area contributed by atoms with Crippen LogP contribution in [-0.4, -0.2) is 33.2 Å². The van der Waals surface area contributed by atoms with Crippen LogP contribution in [-0.2, 0) is 16.1 Å². The number of rotatable bonds is 7. The third kappa shape index (κ3) is 4.84. The lowest BCUT2D eigenvalue weighted by Crippen LogP contribution is -2.29. The summed E-state index contributed by atoms with van der Waals surface area (Å²) in [5.74, 6) is -0.153. The average molecular weight is 519 g/mol. The van der Waals surface area contributed by atoms with Crippen molar-refractivity contribution in [3.63, 3.8) is 0 Å². The van der Waals surface area contributed by atoms with Crippen LogP contribution in [0, 0.1) is 5.92 Å². The SMILES string of the molecule is C=CCn1c(OC2CCC(C(=O)OCC)CC2)nc2nc(-c3ccc(Br)cc3)c(Cl)cc21. The van der Waals surface area contributed by atoms with Gasteiger partial charge < -0.3 is 9.47 Å². The second-order valence-corrected chi connectivity index (χ2v) is 9.13. The zero-order valence-corrected chi connectivity index (χ0v) is 20.2. The van der Waals surface area contributed by atoms with Crippen molar-refractivity contribution in [2.45, 2.75) is 45.3 Å². The first-order valence-electron chi connectivity index (χ1n) is 10.8. The maximum Gasteiger partial charge on any atom is 0.308 e. The fraction of sp³-hybridized carbons (Fsp3) is 0.375. The molecule has 1 aromatic carbocycles. The molecule has 0 bridgehead atoms. The molecule has 0 atom stereocenters. The number of esters is 1. The summed E-state index contributed by atoms with van der Waals surface area (Å²) >= 11 is 10.0. The summed E-state index contributed by atoms with van der Waals surface area (Å²) in [6, 6.07) is 10.2. The van der Waals surface area contributed by atoms with E-state index in [-0.39, 0.29) is 18.0 Å². The smallest absolute Gasteiger partial charge is 0.308 e. The van der Waals surface area contributed by atoms with E-state index < -0.39 is 0 Å². The van der Waals surface area contributed by atoms with E-state index >= 15 is 0 Å². The number of carbonyl (C=O) groups excluding carboxylic acids is 1. The van der Waals surface area contributed by atoms with Crippen LogP contribution in [0.5, 0.6) is 6.01 Å². The van der Waals surface area contributed by atoms with Crippen LogP contribution in [0.25, 0.3) is 22.4 Å². The first-order valence-corrected chi connectivity index (χ1v) is 11.9. The summed E-state index contributed by atoms with van der Waals surface area (Å²) in [6.07, 6.45) is 4.84. The molecular formula is C24H25BrClN3O3. The summed E-state index contributed by atoms with van der Waals surface area (Å²) in [6.45, 7) is 6.63. The van der Waals surface area contributed by atoms with E-state index in [9.17, 15) is 4.79 Å². The molecule has 1 aliphatic rings. The van der Waals surface area contributed by atoms with Crippen LogP contribution in [0.4, 0.5) is 0 Å². The minimum Gasteiger partial charge on any atom is -0.466 e. The molecule has 0 aliphatic heterocycles. The lowest BCUT2D eigenvalue weighted by atomic mass is 9.87. The number of fused-ring (bicyclic) bond motifs is 1. The van der Waals surface area contributed by atoms with Crippen LogP contribution in [0.2, 0.25) is 5.02 Å². The van der Waals surface area contributed by atoms with E-state index in [1.54, 1.807) is 6.08 Å². The Bertz CT molecular complexity index is 1120. The van der Waals surface area contributed by atoms with Crippen molar-refractivity contribution in [3.05, 3.63) is 52.5 Å². The number of carbonyl (C=O) groups is 1.